The van der Waals surface area contributed by atoms with E-state index in [0.29, 0.717) is 17.7 Å². The Kier molecular flexibility index (Phi) is 5.29. The molecule has 2 aromatic rings. The highest BCUT2D eigenvalue weighted by Gasteiger charge is 2.73. The van der Waals surface area contributed by atoms with Gasteiger partial charge in [-0.25, -0.2) is 4.39 Å². The third-order valence-electron chi connectivity index (χ3n) is 3.62. The molecule has 9 heteroatoms. The number of halogens is 7. The van der Waals surface area contributed by atoms with Crippen molar-refractivity contribution in [1.82, 2.24) is 5.32 Å². The molecule has 0 saturated heterocycles. The first-order valence-electron chi connectivity index (χ1n) is 7.22. The van der Waals surface area contributed by atoms with Crippen molar-refractivity contribution in [2.45, 2.75) is 24.6 Å². The second kappa shape index (κ2) is 6.97. The fourth-order valence-electron chi connectivity index (χ4n) is 2.21. The standard InChI is InChI=1S/C17H12F7NO/c18-15(16(19,20)21,17(22,23)24)13-8-6-11(7-9-13)10-25-14(26)12-4-2-1-3-5-12/h1-9H,10H2,(H,25,26). The zero-order valence-corrected chi connectivity index (χ0v) is 13.0. The van der Waals surface area contributed by atoms with Crippen LogP contribution in [0, 0.1) is 0 Å². The first-order chi connectivity index (χ1) is 12.0. The molecule has 0 fully saturated rings. The van der Waals surface area contributed by atoms with Gasteiger partial charge in [-0.1, -0.05) is 42.5 Å². The van der Waals surface area contributed by atoms with Crippen LogP contribution in [0.2, 0.25) is 0 Å². The zero-order valence-electron chi connectivity index (χ0n) is 13.0. The Labute approximate surface area is 143 Å². The number of benzene rings is 2. The van der Waals surface area contributed by atoms with Crippen molar-refractivity contribution in [3.63, 3.8) is 0 Å². The van der Waals surface area contributed by atoms with E-state index >= 15 is 0 Å². The fraction of sp³-hybridized carbons (Fsp3) is 0.235. The summed E-state index contributed by atoms with van der Waals surface area (Å²) in [6.45, 7) is -0.147. The molecule has 2 rings (SSSR count). The van der Waals surface area contributed by atoms with Crippen molar-refractivity contribution in [1.29, 1.82) is 0 Å². The number of hydrogen-bond donors (Lipinski definition) is 1. The van der Waals surface area contributed by atoms with E-state index in [-0.39, 0.29) is 12.1 Å². The highest BCUT2D eigenvalue weighted by molar-refractivity contribution is 5.94. The third-order valence-corrected chi connectivity index (χ3v) is 3.62. The quantitative estimate of drug-likeness (QED) is 0.752. The van der Waals surface area contributed by atoms with Gasteiger partial charge in [0, 0.05) is 17.7 Å². The van der Waals surface area contributed by atoms with E-state index in [4.69, 9.17) is 0 Å². The molecule has 0 unspecified atom stereocenters. The molecule has 26 heavy (non-hydrogen) atoms. The molecule has 0 bridgehead atoms. The van der Waals surface area contributed by atoms with Crippen LogP contribution in [0.3, 0.4) is 0 Å². The van der Waals surface area contributed by atoms with Crippen LogP contribution < -0.4 is 5.32 Å². The van der Waals surface area contributed by atoms with Gasteiger partial charge in [-0.2, -0.15) is 26.3 Å². The lowest BCUT2D eigenvalue weighted by atomic mass is 9.93. The molecule has 0 saturated carbocycles. The summed E-state index contributed by atoms with van der Waals surface area (Å²) in [5, 5.41) is 2.46. The number of rotatable bonds is 4. The first-order valence-corrected chi connectivity index (χ1v) is 7.22. The van der Waals surface area contributed by atoms with E-state index in [2.05, 4.69) is 5.32 Å². The van der Waals surface area contributed by atoms with Crippen molar-refractivity contribution in [3.8, 4) is 0 Å². The molecule has 0 radical (unpaired) electrons. The highest BCUT2D eigenvalue weighted by atomic mass is 19.4. The molecule has 0 aliphatic rings. The van der Waals surface area contributed by atoms with Crippen molar-refractivity contribution < 1.29 is 35.5 Å². The van der Waals surface area contributed by atoms with Gasteiger partial charge in [0.1, 0.15) is 0 Å². The SMILES string of the molecule is O=C(NCc1ccc(C(F)(C(F)(F)F)C(F)(F)F)cc1)c1ccccc1. The Morgan fingerprint density at radius 2 is 1.27 bits per heavy atom. The number of carbonyl (C=O) groups is 1. The largest absolute Gasteiger partial charge is 0.435 e. The molecule has 0 spiro atoms. The second-order valence-corrected chi connectivity index (χ2v) is 5.40. The lowest BCUT2D eigenvalue weighted by Crippen LogP contribution is -2.50. The number of carbonyl (C=O) groups excluding carboxylic acids is 1. The van der Waals surface area contributed by atoms with Crippen LogP contribution in [-0.4, -0.2) is 18.3 Å². The van der Waals surface area contributed by atoms with Gasteiger partial charge < -0.3 is 5.32 Å². The van der Waals surface area contributed by atoms with E-state index in [1.165, 1.54) is 12.1 Å². The number of alkyl halides is 7. The monoisotopic (exact) mass is 379 g/mol. The molecule has 0 aliphatic carbocycles. The fourth-order valence-corrected chi connectivity index (χ4v) is 2.21. The van der Waals surface area contributed by atoms with Crippen LogP contribution in [0.4, 0.5) is 30.7 Å². The van der Waals surface area contributed by atoms with Gasteiger partial charge in [0.05, 0.1) is 0 Å². The molecule has 140 valence electrons. The maximum atomic E-state index is 13.9. The molecular weight excluding hydrogens is 367 g/mol. The van der Waals surface area contributed by atoms with Crippen molar-refractivity contribution in [2.75, 3.05) is 0 Å². The van der Waals surface area contributed by atoms with Gasteiger partial charge in [-0.15, -0.1) is 0 Å². The van der Waals surface area contributed by atoms with Gasteiger partial charge in [-0.3, -0.25) is 4.79 Å². The average molecular weight is 379 g/mol. The minimum atomic E-state index is -6.16. The predicted octanol–water partition coefficient (Wildman–Crippen LogP) is 4.91. The molecule has 2 aromatic carbocycles. The Balaban J connectivity index is 2.16. The lowest BCUT2D eigenvalue weighted by Gasteiger charge is -2.30. The Bertz CT molecular complexity index is 737. The molecule has 0 atom stereocenters. The lowest BCUT2D eigenvalue weighted by molar-refractivity contribution is -0.348. The van der Waals surface area contributed by atoms with Crippen LogP contribution in [-0.2, 0) is 12.2 Å². The van der Waals surface area contributed by atoms with Crippen LogP contribution in [0.15, 0.2) is 54.6 Å². The Morgan fingerprint density at radius 3 is 1.73 bits per heavy atom. The van der Waals surface area contributed by atoms with Gasteiger partial charge in [-0.05, 0) is 17.7 Å². The molecule has 1 amide bonds. The normalized spacial score (nSPS) is 12.7. The Morgan fingerprint density at radius 1 is 0.769 bits per heavy atom. The maximum absolute atomic E-state index is 13.9. The molecule has 0 aromatic heterocycles. The average Bonchev–Trinajstić information content (AvgIpc) is 2.58. The molecule has 0 aliphatic heterocycles. The summed E-state index contributed by atoms with van der Waals surface area (Å²) in [4.78, 5) is 11.8. The van der Waals surface area contributed by atoms with Crippen LogP contribution in [0.1, 0.15) is 21.5 Å². The number of hydrogen-bond acceptors (Lipinski definition) is 1. The molecule has 2 nitrogen and oxygen atoms in total. The smallest absolute Gasteiger partial charge is 0.348 e. The summed E-state index contributed by atoms with van der Waals surface area (Å²) in [5.41, 5.74) is -6.49. The predicted molar refractivity (Wildman–Crippen MR) is 79.0 cm³/mol. The van der Waals surface area contributed by atoms with Crippen molar-refractivity contribution in [2.24, 2.45) is 0 Å². The first kappa shape index (κ1) is 19.7. The van der Waals surface area contributed by atoms with Crippen molar-refractivity contribution in [3.05, 3.63) is 71.3 Å². The number of amides is 1. The van der Waals surface area contributed by atoms with Crippen LogP contribution in [0.25, 0.3) is 0 Å². The highest BCUT2D eigenvalue weighted by Crippen LogP contribution is 2.53. The van der Waals surface area contributed by atoms with Gasteiger partial charge >= 0.3 is 18.0 Å². The van der Waals surface area contributed by atoms with E-state index < -0.39 is 29.5 Å². The summed E-state index contributed by atoms with van der Waals surface area (Å²) >= 11 is 0. The second-order valence-electron chi connectivity index (χ2n) is 5.40. The summed E-state index contributed by atoms with van der Waals surface area (Å²) < 4.78 is 89.9. The maximum Gasteiger partial charge on any atom is 0.435 e. The summed E-state index contributed by atoms with van der Waals surface area (Å²) in [6.07, 6.45) is -12.3. The van der Waals surface area contributed by atoms with E-state index in [9.17, 15) is 35.5 Å². The summed E-state index contributed by atoms with van der Waals surface area (Å²) in [5.74, 6) is -0.472. The van der Waals surface area contributed by atoms with Crippen molar-refractivity contribution >= 4 is 5.91 Å². The van der Waals surface area contributed by atoms with Crippen LogP contribution in [0.5, 0.6) is 0 Å². The van der Waals surface area contributed by atoms with E-state index in [0.717, 1.165) is 12.1 Å². The van der Waals surface area contributed by atoms with Gasteiger partial charge in [0.2, 0.25) is 0 Å². The topological polar surface area (TPSA) is 29.1 Å². The molecule has 0 heterocycles. The van der Waals surface area contributed by atoms with Gasteiger partial charge in [0.25, 0.3) is 5.91 Å². The van der Waals surface area contributed by atoms with Gasteiger partial charge in [0.15, 0.2) is 0 Å². The summed E-state index contributed by atoms with van der Waals surface area (Å²) in [7, 11) is 0. The Hall–Kier alpha value is -2.58. The minimum absolute atomic E-state index is 0.147. The third kappa shape index (κ3) is 3.81. The van der Waals surface area contributed by atoms with E-state index in [1.807, 2.05) is 0 Å². The number of nitrogens with one attached hydrogen (secondary N) is 1. The zero-order chi connectivity index (χ0) is 19.6. The minimum Gasteiger partial charge on any atom is -0.348 e. The molecule has 1 N–H and O–H groups in total. The summed E-state index contributed by atoms with van der Waals surface area (Å²) in [6, 6.07) is 10.6. The molecular formula is C17H12F7NO. The van der Waals surface area contributed by atoms with Crippen LogP contribution >= 0.6 is 0 Å². The van der Waals surface area contributed by atoms with E-state index in [1.54, 1.807) is 18.2 Å².